The summed E-state index contributed by atoms with van der Waals surface area (Å²) in [6, 6.07) is 7.64. The molecule has 3 nitrogen and oxygen atoms in total. The van der Waals surface area contributed by atoms with Crippen LogP contribution in [0.15, 0.2) is 41.1 Å². The van der Waals surface area contributed by atoms with Gasteiger partial charge in [0, 0.05) is 6.20 Å². The quantitative estimate of drug-likeness (QED) is 0.641. The van der Waals surface area contributed by atoms with Gasteiger partial charge in [-0.1, -0.05) is 17.7 Å². The second-order valence-corrected chi connectivity index (χ2v) is 3.88. The highest BCUT2D eigenvalue weighted by Gasteiger charge is 1.96. The summed E-state index contributed by atoms with van der Waals surface area (Å²) in [5.41, 5.74) is 1.18. The van der Waals surface area contributed by atoms with E-state index in [0.717, 1.165) is 25.3 Å². The molecule has 0 bridgehead atoms. The van der Waals surface area contributed by atoms with Crippen LogP contribution in [0.1, 0.15) is 11.3 Å². The molecule has 0 aliphatic heterocycles. The van der Waals surface area contributed by atoms with Crippen LogP contribution in [-0.2, 0) is 13.0 Å². The van der Waals surface area contributed by atoms with E-state index in [0.29, 0.717) is 5.15 Å². The van der Waals surface area contributed by atoms with E-state index >= 15 is 0 Å². The van der Waals surface area contributed by atoms with E-state index < -0.39 is 0 Å². The Balaban J connectivity index is 1.70. The molecule has 0 unspecified atom stereocenters. The molecule has 0 radical (unpaired) electrons. The molecule has 16 heavy (non-hydrogen) atoms. The molecule has 0 saturated heterocycles. The van der Waals surface area contributed by atoms with Crippen molar-refractivity contribution < 1.29 is 4.42 Å². The summed E-state index contributed by atoms with van der Waals surface area (Å²) in [6.07, 6.45) is 4.42. The Bertz CT molecular complexity index is 411. The van der Waals surface area contributed by atoms with Gasteiger partial charge in [-0.3, -0.25) is 0 Å². The largest absolute Gasteiger partial charge is 0.468 e. The van der Waals surface area contributed by atoms with Gasteiger partial charge in [0.1, 0.15) is 10.9 Å². The summed E-state index contributed by atoms with van der Waals surface area (Å²) >= 11 is 5.70. The molecule has 84 valence electrons. The fraction of sp³-hybridized carbons (Fsp3) is 0.250. The molecule has 0 aliphatic rings. The zero-order valence-electron chi connectivity index (χ0n) is 8.82. The molecule has 4 heteroatoms. The summed E-state index contributed by atoms with van der Waals surface area (Å²) in [7, 11) is 0. The molecule has 0 fully saturated rings. The van der Waals surface area contributed by atoms with Gasteiger partial charge >= 0.3 is 0 Å². The van der Waals surface area contributed by atoms with Gasteiger partial charge in [-0.25, -0.2) is 4.98 Å². The van der Waals surface area contributed by atoms with Crippen molar-refractivity contribution in [2.75, 3.05) is 6.54 Å². The lowest BCUT2D eigenvalue weighted by Gasteiger charge is -2.02. The Labute approximate surface area is 99.5 Å². The highest BCUT2D eigenvalue weighted by Crippen LogP contribution is 2.05. The van der Waals surface area contributed by atoms with E-state index in [2.05, 4.69) is 10.3 Å². The topological polar surface area (TPSA) is 38.1 Å². The molecular weight excluding hydrogens is 224 g/mol. The van der Waals surface area contributed by atoms with Crippen molar-refractivity contribution >= 4 is 11.6 Å². The molecule has 2 aromatic heterocycles. The smallest absolute Gasteiger partial charge is 0.129 e. The Kier molecular flexibility index (Phi) is 3.97. The van der Waals surface area contributed by atoms with Crippen molar-refractivity contribution in [3.05, 3.63) is 53.2 Å². The predicted octanol–water partition coefficient (Wildman–Crippen LogP) is 2.66. The fourth-order valence-electron chi connectivity index (χ4n) is 1.41. The third kappa shape index (κ3) is 3.36. The molecule has 2 heterocycles. The highest BCUT2D eigenvalue weighted by molar-refractivity contribution is 6.29. The van der Waals surface area contributed by atoms with Crippen LogP contribution in [0.2, 0.25) is 5.15 Å². The first-order valence-corrected chi connectivity index (χ1v) is 5.56. The summed E-state index contributed by atoms with van der Waals surface area (Å²) < 4.78 is 5.21. The van der Waals surface area contributed by atoms with Crippen molar-refractivity contribution in [3.63, 3.8) is 0 Å². The molecule has 0 spiro atoms. The average Bonchev–Trinajstić information content (AvgIpc) is 2.80. The average molecular weight is 237 g/mol. The van der Waals surface area contributed by atoms with Crippen molar-refractivity contribution in [1.29, 1.82) is 0 Å². The van der Waals surface area contributed by atoms with Gasteiger partial charge in [-0.15, -0.1) is 0 Å². The lowest BCUT2D eigenvalue weighted by molar-refractivity contribution is 0.484. The van der Waals surface area contributed by atoms with Crippen LogP contribution in [0.3, 0.4) is 0 Å². The molecule has 2 aromatic rings. The predicted molar refractivity (Wildman–Crippen MR) is 63.4 cm³/mol. The van der Waals surface area contributed by atoms with Crippen molar-refractivity contribution in [3.8, 4) is 0 Å². The molecule has 0 aromatic carbocycles. The maximum Gasteiger partial charge on any atom is 0.129 e. The van der Waals surface area contributed by atoms with Gasteiger partial charge in [0.2, 0.25) is 0 Å². The third-order valence-electron chi connectivity index (χ3n) is 2.26. The first-order chi connectivity index (χ1) is 7.84. The molecule has 0 saturated carbocycles. The van der Waals surface area contributed by atoms with Gasteiger partial charge in [0.25, 0.3) is 0 Å². The summed E-state index contributed by atoms with van der Waals surface area (Å²) in [4.78, 5) is 4.03. The highest BCUT2D eigenvalue weighted by atomic mass is 35.5. The van der Waals surface area contributed by atoms with E-state index in [4.69, 9.17) is 16.0 Å². The van der Waals surface area contributed by atoms with Crippen molar-refractivity contribution in [1.82, 2.24) is 10.3 Å². The Morgan fingerprint density at radius 2 is 2.25 bits per heavy atom. The van der Waals surface area contributed by atoms with Gasteiger partial charge in [-0.2, -0.15) is 0 Å². The minimum absolute atomic E-state index is 0.535. The van der Waals surface area contributed by atoms with E-state index in [1.165, 1.54) is 5.56 Å². The van der Waals surface area contributed by atoms with Gasteiger partial charge in [0.15, 0.2) is 0 Å². The third-order valence-corrected chi connectivity index (χ3v) is 2.48. The fourth-order valence-corrected chi connectivity index (χ4v) is 1.52. The van der Waals surface area contributed by atoms with E-state index in [1.807, 2.05) is 24.3 Å². The molecule has 0 amide bonds. The number of hydrogen-bond donors (Lipinski definition) is 1. The maximum atomic E-state index is 5.70. The first kappa shape index (κ1) is 11.2. The normalized spacial score (nSPS) is 10.6. The first-order valence-electron chi connectivity index (χ1n) is 5.18. The summed E-state index contributed by atoms with van der Waals surface area (Å²) in [5, 5.41) is 3.83. The number of halogens is 1. The van der Waals surface area contributed by atoms with E-state index in [9.17, 15) is 0 Å². The lowest BCUT2D eigenvalue weighted by Crippen LogP contribution is -2.16. The van der Waals surface area contributed by atoms with E-state index in [1.54, 1.807) is 12.5 Å². The molecule has 1 N–H and O–H groups in total. The Morgan fingerprint density at radius 1 is 1.31 bits per heavy atom. The monoisotopic (exact) mass is 236 g/mol. The minimum atomic E-state index is 0.535. The number of hydrogen-bond acceptors (Lipinski definition) is 3. The van der Waals surface area contributed by atoms with Gasteiger partial charge < -0.3 is 9.73 Å². The Hall–Kier alpha value is -1.32. The van der Waals surface area contributed by atoms with Crippen LogP contribution in [0.5, 0.6) is 0 Å². The number of nitrogens with one attached hydrogen (secondary N) is 1. The van der Waals surface area contributed by atoms with Gasteiger partial charge in [-0.05, 0) is 36.7 Å². The zero-order chi connectivity index (χ0) is 11.2. The number of nitrogens with zero attached hydrogens (tertiary/aromatic N) is 1. The zero-order valence-corrected chi connectivity index (χ0v) is 9.57. The number of furan rings is 1. The molecule has 0 aliphatic carbocycles. The minimum Gasteiger partial charge on any atom is -0.468 e. The number of pyridine rings is 1. The molecule has 0 atom stereocenters. The number of aromatic nitrogens is 1. The van der Waals surface area contributed by atoms with Crippen molar-refractivity contribution in [2.45, 2.75) is 13.0 Å². The van der Waals surface area contributed by atoms with Crippen molar-refractivity contribution in [2.24, 2.45) is 0 Å². The molecular formula is C12H13ClN2O. The lowest BCUT2D eigenvalue weighted by atomic mass is 10.2. The van der Waals surface area contributed by atoms with Crippen LogP contribution in [0.4, 0.5) is 0 Å². The van der Waals surface area contributed by atoms with Gasteiger partial charge in [0.05, 0.1) is 12.8 Å². The SMILES string of the molecule is Clc1ccc(CCNCc2ccco2)cn1. The van der Waals surface area contributed by atoms with Crippen LogP contribution in [0.25, 0.3) is 0 Å². The standard InChI is InChI=1S/C12H13ClN2O/c13-12-4-3-10(8-15-12)5-6-14-9-11-2-1-7-16-11/h1-4,7-8,14H,5-6,9H2. The second-order valence-electron chi connectivity index (χ2n) is 3.50. The van der Waals surface area contributed by atoms with Crippen LogP contribution >= 0.6 is 11.6 Å². The Morgan fingerprint density at radius 3 is 2.94 bits per heavy atom. The van der Waals surface area contributed by atoms with Crippen LogP contribution in [0, 0.1) is 0 Å². The summed E-state index contributed by atoms with van der Waals surface area (Å²) in [6.45, 7) is 1.65. The summed E-state index contributed by atoms with van der Waals surface area (Å²) in [5.74, 6) is 0.953. The molecule has 2 rings (SSSR count). The number of rotatable bonds is 5. The van der Waals surface area contributed by atoms with Crippen LogP contribution < -0.4 is 5.32 Å². The van der Waals surface area contributed by atoms with E-state index in [-0.39, 0.29) is 0 Å². The van der Waals surface area contributed by atoms with Crippen LogP contribution in [-0.4, -0.2) is 11.5 Å². The second kappa shape index (κ2) is 5.68. The maximum absolute atomic E-state index is 5.70.